The van der Waals surface area contributed by atoms with Gasteiger partial charge in [0.15, 0.2) is 0 Å². The summed E-state index contributed by atoms with van der Waals surface area (Å²) in [6, 6.07) is 12.7. The van der Waals surface area contributed by atoms with Crippen molar-refractivity contribution >= 4 is 15.9 Å². The number of amides is 1. The molecule has 0 aliphatic heterocycles. The van der Waals surface area contributed by atoms with Crippen LogP contribution in [0.25, 0.3) is 0 Å². The zero-order valence-corrected chi connectivity index (χ0v) is 18.7. The van der Waals surface area contributed by atoms with Gasteiger partial charge in [0.2, 0.25) is 15.9 Å². The number of aryl methyl sites for hydroxylation is 1. The molecule has 8 heteroatoms. The second-order valence-electron chi connectivity index (χ2n) is 7.09. The van der Waals surface area contributed by atoms with E-state index in [2.05, 4.69) is 10.0 Å². The zero-order chi connectivity index (χ0) is 22.1. The molecule has 0 bridgehead atoms. The summed E-state index contributed by atoms with van der Waals surface area (Å²) in [4.78, 5) is 12.9. The van der Waals surface area contributed by atoms with Crippen LogP contribution in [0.4, 0.5) is 0 Å². The van der Waals surface area contributed by atoms with Crippen molar-refractivity contribution in [3.63, 3.8) is 0 Å². The van der Waals surface area contributed by atoms with Gasteiger partial charge in [-0.05, 0) is 56.5 Å². The van der Waals surface area contributed by atoms with Gasteiger partial charge in [-0.1, -0.05) is 30.3 Å². The summed E-state index contributed by atoms with van der Waals surface area (Å²) in [7, 11) is -2.38. The topological polar surface area (TPSA) is 93.7 Å². The van der Waals surface area contributed by atoms with Gasteiger partial charge in [-0.15, -0.1) is 0 Å². The van der Waals surface area contributed by atoms with Crippen LogP contribution >= 0.6 is 0 Å². The molecule has 2 aromatic rings. The van der Waals surface area contributed by atoms with E-state index in [1.54, 1.807) is 33.1 Å². The van der Waals surface area contributed by atoms with Gasteiger partial charge in [-0.3, -0.25) is 4.79 Å². The van der Waals surface area contributed by atoms with E-state index in [-0.39, 0.29) is 17.4 Å². The number of methoxy groups -OCH3 is 1. The van der Waals surface area contributed by atoms with E-state index >= 15 is 0 Å². The number of hydrogen-bond donors (Lipinski definition) is 2. The molecule has 2 rings (SSSR count). The summed E-state index contributed by atoms with van der Waals surface area (Å²) in [5, 5.41) is 2.80. The molecule has 0 aromatic heterocycles. The Labute approximate surface area is 178 Å². The number of carbonyl (C=O) groups is 1. The fourth-order valence-electron chi connectivity index (χ4n) is 3.03. The standard InChI is InChI=1S/C22H30N2O5S/c1-5-29-21-12-11-19(13-16(21)2)30(26,27)24-20(14-18-9-7-6-8-10-18)22(25)23-17(3)15-28-4/h6-13,17,20,24H,5,14-15H2,1-4H3,(H,23,25)/t17-,20-/m0/s1. The fourth-order valence-corrected chi connectivity index (χ4v) is 4.31. The molecule has 7 nitrogen and oxygen atoms in total. The molecule has 0 fully saturated rings. The van der Waals surface area contributed by atoms with Crippen molar-refractivity contribution in [3.8, 4) is 5.75 Å². The van der Waals surface area contributed by atoms with Gasteiger partial charge in [0, 0.05) is 13.2 Å². The summed E-state index contributed by atoms with van der Waals surface area (Å²) in [5.74, 6) is 0.220. The maximum Gasteiger partial charge on any atom is 0.241 e. The SMILES string of the molecule is CCOc1ccc(S(=O)(=O)N[C@@H](Cc2ccccc2)C(=O)N[C@@H](C)COC)cc1C. The minimum atomic E-state index is -3.92. The van der Waals surface area contributed by atoms with Gasteiger partial charge >= 0.3 is 0 Å². The van der Waals surface area contributed by atoms with E-state index in [9.17, 15) is 13.2 Å². The Morgan fingerprint density at radius 2 is 1.83 bits per heavy atom. The predicted molar refractivity (Wildman–Crippen MR) is 116 cm³/mol. The van der Waals surface area contributed by atoms with Crippen molar-refractivity contribution in [3.05, 3.63) is 59.7 Å². The van der Waals surface area contributed by atoms with Crippen LogP contribution in [0.5, 0.6) is 5.75 Å². The van der Waals surface area contributed by atoms with Crippen LogP contribution in [-0.2, 0) is 26.0 Å². The Kier molecular flexibility index (Phi) is 8.83. The molecule has 0 aliphatic rings. The molecular weight excluding hydrogens is 404 g/mol. The normalized spacial score (nSPS) is 13.5. The van der Waals surface area contributed by atoms with Gasteiger partial charge < -0.3 is 14.8 Å². The van der Waals surface area contributed by atoms with Crippen LogP contribution in [0.1, 0.15) is 25.0 Å². The molecule has 1 amide bonds. The molecule has 30 heavy (non-hydrogen) atoms. The number of carbonyl (C=O) groups excluding carboxylic acids is 1. The molecule has 0 heterocycles. The van der Waals surface area contributed by atoms with Gasteiger partial charge in [-0.25, -0.2) is 8.42 Å². The Bertz CT molecular complexity index is 932. The first-order valence-electron chi connectivity index (χ1n) is 9.85. The minimum Gasteiger partial charge on any atom is -0.494 e. The lowest BCUT2D eigenvalue weighted by molar-refractivity contribution is -0.123. The lowest BCUT2D eigenvalue weighted by Crippen LogP contribution is -2.50. The van der Waals surface area contributed by atoms with Crippen LogP contribution < -0.4 is 14.8 Å². The molecule has 0 aliphatic carbocycles. The van der Waals surface area contributed by atoms with Crippen LogP contribution in [0.2, 0.25) is 0 Å². The second-order valence-corrected chi connectivity index (χ2v) is 8.80. The van der Waals surface area contributed by atoms with Gasteiger partial charge in [0.25, 0.3) is 0 Å². The van der Waals surface area contributed by atoms with E-state index in [0.29, 0.717) is 24.5 Å². The number of benzene rings is 2. The highest BCUT2D eigenvalue weighted by atomic mass is 32.2. The van der Waals surface area contributed by atoms with Crippen molar-refractivity contribution in [2.75, 3.05) is 20.3 Å². The molecule has 0 unspecified atom stereocenters. The van der Waals surface area contributed by atoms with Crippen molar-refractivity contribution in [1.82, 2.24) is 10.0 Å². The van der Waals surface area contributed by atoms with Crippen molar-refractivity contribution in [2.24, 2.45) is 0 Å². The maximum atomic E-state index is 13.0. The van der Waals surface area contributed by atoms with Gasteiger partial charge in [0.1, 0.15) is 11.8 Å². The second kappa shape index (κ2) is 11.1. The Morgan fingerprint density at radius 3 is 2.43 bits per heavy atom. The Morgan fingerprint density at radius 1 is 1.13 bits per heavy atom. The lowest BCUT2D eigenvalue weighted by atomic mass is 10.1. The largest absolute Gasteiger partial charge is 0.494 e. The highest BCUT2D eigenvalue weighted by molar-refractivity contribution is 7.89. The molecule has 2 aromatic carbocycles. The van der Waals surface area contributed by atoms with E-state index in [1.165, 1.54) is 6.07 Å². The fraction of sp³-hybridized carbons (Fsp3) is 0.409. The van der Waals surface area contributed by atoms with Crippen LogP contribution in [0, 0.1) is 6.92 Å². The first kappa shape index (κ1) is 23.9. The smallest absolute Gasteiger partial charge is 0.241 e. The van der Waals surface area contributed by atoms with E-state index in [4.69, 9.17) is 9.47 Å². The Hall–Kier alpha value is -2.42. The van der Waals surface area contributed by atoms with Crippen LogP contribution in [-0.4, -0.2) is 46.7 Å². The average molecular weight is 435 g/mol. The molecule has 0 radical (unpaired) electrons. The number of hydrogen-bond acceptors (Lipinski definition) is 5. The molecule has 0 saturated heterocycles. The monoisotopic (exact) mass is 434 g/mol. The average Bonchev–Trinajstić information content (AvgIpc) is 2.70. The third-order valence-corrected chi connectivity index (χ3v) is 5.93. The predicted octanol–water partition coefficient (Wildman–Crippen LogP) is 2.43. The summed E-state index contributed by atoms with van der Waals surface area (Å²) in [6.45, 7) is 6.26. The molecular formula is C22H30N2O5S. The van der Waals surface area contributed by atoms with Crippen molar-refractivity contribution < 1.29 is 22.7 Å². The highest BCUT2D eigenvalue weighted by Gasteiger charge is 2.27. The quantitative estimate of drug-likeness (QED) is 0.567. The zero-order valence-electron chi connectivity index (χ0n) is 17.8. The number of nitrogens with one attached hydrogen (secondary N) is 2. The summed E-state index contributed by atoms with van der Waals surface area (Å²) >= 11 is 0. The van der Waals surface area contributed by atoms with Gasteiger partial charge in [-0.2, -0.15) is 4.72 Å². The third kappa shape index (κ3) is 6.83. The summed E-state index contributed by atoms with van der Waals surface area (Å²) < 4.78 is 39.1. The number of ether oxygens (including phenoxy) is 2. The van der Waals surface area contributed by atoms with E-state index in [0.717, 1.165) is 5.56 Å². The number of sulfonamides is 1. The van der Waals surface area contributed by atoms with Crippen LogP contribution in [0.15, 0.2) is 53.4 Å². The molecule has 0 saturated carbocycles. The molecule has 164 valence electrons. The lowest BCUT2D eigenvalue weighted by Gasteiger charge is -2.21. The van der Waals surface area contributed by atoms with Gasteiger partial charge in [0.05, 0.1) is 18.1 Å². The number of rotatable bonds is 11. The van der Waals surface area contributed by atoms with E-state index < -0.39 is 22.0 Å². The van der Waals surface area contributed by atoms with Crippen LogP contribution in [0.3, 0.4) is 0 Å². The molecule has 2 N–H and O–H groups in total. The molecule has 2 atom stereocenters. The molecule has 0 spiro atoms. The van der Waals surface area contributed by atoms with Crippen molar-refractivity contribution in [2.45, 2.75) is 44.2 Å². The highest BCUT2D eigenvalue weighted by Crippen LogP contribution is 2.22. The summed E-state index contributed by atoms with van der Waals surface area (Å²) in [5.41, 5.74) is 1.56. The minimum absolute atomic E-state index is 0.0826. The third-order valence-electron chi connectivity index (χ3n) is 4.46. The Balaban J connectivity index is 2.26. The first-order valence-corrected chi connectivity index (χ1v) is 11.3. The van der Waals surface area contributed by atoms with Crippen molar-refractivity contribution in [1.29, 1.82) is 0 Å². The van der Waals surface area contributed by atoms with E-state index in [1.807, 2.05) is 37.3 Å². The maximum absolute atomic E-state index is 13.0. The first-order chi connectivity index (χ1) is 14.3. The summed E-state index contributed by atoms with van der Waals surface area (Å²) in [6.07, 6.45) is 0.224.